The molecule has 0 aromatic carbocycles. The predicted octanol–water partition coefficient (Wildman–Crippen LogP) is 3.52. The molecule has 0 spiro atoms. The predicted molar refractivity (Wildman–Crippen MR) is 83.4 cm³/mol. The lowest BCUT2D eigenvalue weighted by Crippen LogP contribution is -2.38. The Morgan fingerprint density at radius 2 is 2.00 bits per heavy atom. The molecule has 1 N–H and O–H groups in total. The van der Waals surface area contributed by atoms with E-state index in [2.05, 4.69) is 31.0 Å². The molecular formula is C17H34N2. The van der Waals surface area contributed by atoms with Crippen LogP contribution in [0.1, 0.15) is 59.3 Å². The molecule has 1 saturated carbocycles. The molecule has 3 unspecified atom stereocenters. The fourth-order valence-electron chi connectivity index (χ4n) is 4.06. The van der Waals surface area contributed by atoms with Crippen molar-refractivity contribution >= 4 is 0 Å². The van der Waals surface area contributed by atoms with Gasteiger partial charge in [0.1, 0.15) is 0 Å². The number of likely N-dealkylation sites (tertiary alicyclic amines) is 1. The van der Waals surface area contributed by atoms with Crippen molar-refractivity contribution in [1.29, 1.82) is 0 Å². The van der Waals surface area contributed by atoms with Crippen molar-refractivity contribution < 1.29 is 0 Å². The zero-order chi connectivity index (χ0) is 13.7. The number of rotatable bonds is 6. The summed E-state index contributed by atoms with van der Waals surface area (Å²) in [6.07, 6.45) is 8.61. The van der Waals surface area contributed by atoms with Crippen molar-refractivity contribution in [1.82, 2.24) is 10.2 Å². The molecule has 2 fully saturated rings. The van der Waals surface area contributed by atoms with Gasteiger partial charge in [-0.3, -0.25) is 0 Å². The van der Waals surface area contributed by atoms with Crippen molar-refractivity contribution in [3.8, 4) is 0 Å². The second-order valence-electron chi connectivity index (χ2n) is 7.32. The SMILES string of the molecule is CCN1CCC(CNC2CCCC(CC(C)C)C2)C1. The van der Waals surface area contributed by atoms with Crippen molar-refractivity contribution in [2.75, 3.05) is 26.2 Å². The standard InChI is InChI=1S/C17H34N2/c1-4-19-9-8-16(13-19)12-18-17-7-5-6-15(11-17)10-14(2)3/h14-18H,4-13H2,1-3H3. The topological polar surface area (TPSA) is 15.3 Å². The minimum absolute atomic E-state index is 0.813. The third kappa shape index (κ3) is 5.07. The minimum Gasteiger partial charge on any atom is -0.314 e. The van der Waals surface area contributed by atoms with Crippen LogP contribution in [0, 0.1) is 17.8 Å². The van der Waals surface area contributed by atoms with Gasteiger partial charge in [0.05, 0.1) is 0 Å². The third-order valence-corrected chi connectivity index (χ3v) is 5.10. The summed E-state index contributed by atoms with van der Waals surface area (Å²) in [5, 5.41) is 3.88. The summed E-state index contributed by atoms with van der Waals surface area (Å²) in [5.41, 5.74) is 0. The van der Waals surface area contributed by atoms with Gasteiger partial charge in [-0.2, -0.15) is 0 Å². The fraction of sp³-hybridized carbons (Fsp3) is 1.00. The Morgan fingerprint density at radius 1 is 1.16 bits per heavy atom. The van der Waals surface area contributed by atoms with Gasteiger partial charge in [-0.05, 0) is 63.1 Å². The molecule has 3 atom stereocenters. The fourth-order valence-corrected chi connectivity index (χ4v) is 4.06. The lowest BCUT2D eigenvalue weighted by atomic mass is 9.81. The second-order valence-corrected chi connectivity index (χ2v) is 7.32. The first-order chi connectivity index (χ1) is 9.17. The Balaban J connectivity index is 1.65. The van der Waals surface area contributed by atoms with E-state index in [9.17, 15) is 0 Å². The summed E-state index contributed by atoms with van der Waals surface area (Å²) < 4.78 is 0. The molecule has 19 heavy (non-hydrogen) atoms. The normalized spacial score (nSPS) is 33.2. The van der Waals surface area contributed by atoms with E-state index in [1.807, 2.05) is 0 Å². The second kappa shape index (κ2) is 7.64. The van der Waals surface area contributed by atoms with E-state index in [4.69, 9.17) is 0 Å². The zero-order valence-electron chi connectivity index (χ0n) is 13.3. The molecule has 112 valence electrons. The maximum atomic E-state index is 3.88. The molecule has 2 nitrogen and oxygen atoms in total. The number of nitrogens with zero attached hydrogens (tertiary/aromatic N) is 1. The highest BCUT2D eigenvalue weighted by atomic mass is 15.1. The Kier molecular flexibility index (Phi) is 6.15. The molecule has 1 aliphatic carbocycles. The van der Waals surface area contributed by atoms with E-state index < -0.39 is 0 Å². The molecule has 2 rings (SSSR count). The highest BCUT2D eigenvalue weighted by molar-refractivity contribution is 4.82. The van der Waals surface area contributed by atoms with Crippen LogP contribution in [0.5, 0.6) is 0 Å². The summed E-state index contributed by atoms with van der Waals surface area (Å²) in [7, 11) is 0. The molecule has 1 heterocycles. The molecule has 0 aromatic rings. The molecular weight excluding hydrogens is 232 g/mol. The average molecular weight is 266 g/mol. The van der Waals surface area contributed by atoms with Crippen molar-refractivity contribution in [3.63, 3.8) is 0 Å². The van der Waals surface area contributed by atoms with Gasteiger partial charge in [-0.25, -0.2) is 0 Å². The van der Waals surface area contributed by atoms with Gasteiger partial charge in [0, 0.05) is 12.6 Å². The lowest BCUT2D eigenvalue weighted by molar-refractivity contribution is 0.245. The van der Waals surface area contributed by atoms with E-state index in [1.165, 1.54) is 64.7 Å². The third-order valence-electron chi connectivity index (χ3n) is 5.10. The van der Waals surface area contributed by atoms with Gasteiger partial charge >= 0.3 is 0 Å². The molecule has 0 aromatic heterocycles. The van der Waals surface area contributed by atoms with Gasteiger partial charge < -0.3 is 10.2 Å². The summed E-state index contributed by atoms with van der Waals surface area (Å²) in [6.45, 7) is 12.2. The van der Waals surface area contributed by atoms with E-state index in [0.717, 1.165) is 23.8 Å². The van der Waals surface area contributed by atoms with Gasteiger partial charge in [0.25, 0.3) is 0 Å². The Bertz CT molecular complexity index is 252. The molecule has 0 amide bonds. The minimum atomic E-state index is 0.813. The highest BCUT2D eigenvalue weighted by Crippen LogP contribution is 2.29. The number of nitrogens with one attached hydrogen (secondary N) is 1. The first-order valence-corrected chi connectivity index (χ1v) is 8.63. The first kappa shape index (κ1) is 15.3. The van der Waals surface area contributed by atoms with Gasteiger partial charge in [-0.15, -0.1) is 0 Å². The summed E-state index contributed by atoms with van der Waals surface area (Å²) >= 11 is 0. The van der Waals surface area contributed by atoms with Crippen LogP contribution in [0.3, 0.4) is 0 Å². The van der Waals surface area contributed by atoms with E-state index in [1.54, 1.807) is 0 Å². The van der Waals surface area contributed by atoms with Crippen LogP contribution in [0.15, 0.2) is 0 Å². The van der Waals surface area contributed by atoms with Crippen molar-refractivity contribution in [2.45, 2.75) is 65.3 Å². The van der Waals surface area contributed by atoms with Crippen molar-refractivity contribution in [3.05, 3.63) is 0 Å². The largest absolute Gasteiger partial charge is 0.314 e. The molecule has 0 bridgehead atoms. The monoisotopic (exact) mass is 266 g/mol. The molecule has 2 aliphatic rings. The summed E-state index contributed by atoms with van der Waals surface area (Å²) in [6, 6.07) is 0.813. The Morgan fingerprint density at radius 3 is 2.68 bits per heavy atom. The maximum absolute atomic E-state index is 3.88. The van der Waals surface area contributed by atoms with E-state index in [0.29, 0.717) is 0 Å². The quantitative estimate of drug-likeness (QED) is 0.791. The Labute approximate surface area is 120 Å². The van der Waals surface area contributed by atoms with Crippen LogP contribution in [-0.4, -0.2) is 37.1 Å². The molecule has 1 saturated heterocycles. The number of hydrogen-bond donors (Lipinski definition) is 1. The molecule has 1 aliphatic heterocycles. The zero-order valence-corrected chi connectivity index (χ0v) is 13.3. The maximum Gasteiger partial charge on any atom is 0.00698 e. The molecule has 2 heteroatoms. The first-order valence-electron chi connectivity index (χ1n) is 8.63. The molecule has 0 radical (unpaired) electrons. The smallest absolute Gasteiger partial charge is 0.00698 e. The van der Waals surface area contributed by atoms with Crippen LogP contribution in [0.4, 0.5) is 0 Å². The summed E-state index contributed by atoms with van der Waals surface area (Å²) in [4.78, 5) is 2.59. The van der Waals surface area contributed by atoms with Gasteiger partial charge in [0.2, 0.25) is 0 Å². The van der Waals surface area contributed by atoms with Crippen LogP contribution in [0.25, 0.3) is 0 Å². The highest BCUT2D eigenvalue weighted by Gasteiger charge is 2.25. The number of hydrogen-bond acceptors (Lipinski definition) is 2. The van der Waals surface area contributed by atoms with Crippen LogP contribution in [-0.2, 0) is 0 Å². The summed E-state index contributed by atoms with van der Waals surface area (Å²) in [5.74, 6) is 2.77. The average Bonchev–Trinajstić information content (AvgIpc) is 2.84. The Hall–Kier alpha value is -0.0800. The van der Waals surface area contributed by atoms with Crippen LogP contribution >= 0.6 is 0 Å². The lowest BCUT2D eigenvalue weighted by Gasteiger charge is -2.31. The van der Waals surface area contributed by atoms with Crippen LogP contribution < -0.4 is 5.32 Å². The van der Waals surface area contributed by atoms with E-state index in [-0.39, 0.29) is 0 Å². The van der Waals surface area contributed by atoms with Crippen molar-refractivity contribution in [2.24, 2.45) is 17.8 Å². The van der Waals surface area contributed by atoms with Gasteiger partial charge in [0.15, 0.2) is 0 Å². The van der Waals surface area contributed by atoms with Crippen LogP contribution in [0.2, 0.25) is 0 Å². The van der Waals surface area contributed by atoms with E-state index >= 15 is 0 Å². The van der Waals surface area contributed by atoms with Gasteiger partial charge in [-0.1, -0.05) is 33.6 Å².